The molecule has 2 aromatic rings. The van der Waals surface area contributed by atoms with Gasteiger partial charge in [0.15, 0.2) is 5.52 Å². The maximum Gasteiger partial charge on any atom is 0.319 e. The van der Waals surface area contributed by atoms with E-state index >= 15 is 0 Å². The SMILES string of the molecule is NC1CC2CCC(C1)N2c1ccc2scnc2c1[N+](=O)[O-]. The lowest BCUT2D eigenvalue weighted by Gasteiger charge is -2.39. The zero-order valence-electron chi connectivity index (χ0n) is 11.4. The quantitative estimate of drug-likeness (QED) is 0.681. The van der Waals surface area contributed by atoms with Crippen molar-refractivity contribution in [2.75, 3.05) is 4.90 Å². The van der Waals surface area contributed by atoms with E-state index in [1.54, 1.807) is 5.51 Å². The van der Waals surface area contributed by atoms with E-state index in [9.17, 15) is 10.1 Å². The lowest BCUT2D eigenvalue weighted by molar-refractivity contribution is -0.382. The molecule has 1 aromatic heterocycles. The van der Waals surface area contributed by atoms with E-state index in [4.69, 9.17) is 5.73 Å². The van der Waals surface area contributed by atoms with Crippen LogP contribution in [-0.4, -0.2) is 28.0 Å². The summed E-state index contributed by atoms with van der Waals surface area (Å²) < 4.78 is 0.867. The van der Waals surface area contributed by atoms with E-state index in [-0.39, 0.29) is 16.7 Å². The van der Waals surface area contributed by atoms with Crippen molar-refractivity contribution in [1.82, 2.24) is 4.98 Å². The van der Waals surface area contributed by atoms with Crippen molar-refractivity contribution >= 4 is 32.9 Å². The van der Waals surface area contributed by atoms with Crippen molar-refractivity contribution in [3.63, 3.8) is 0 Å². The Labute approximate surface area is 125 Å². The molecule has 6 nitrogen and oxygen atoms in total. The number of piperidine rings is 1. The van der Waals surface area contributed by atoms with Gasteiger partial charge in [0, 0.05) is 18.1 Å². The molecular weight excluding hydrogens is 288 g/mol. The lowest BCUT2D eigenvalue weighted by atomic mass is 9.97. The Morgan fingerprint density at radius 1 is 1.33 bits per heavy atom. The normalized spacial score (nSPS) is 28.2. The minimum absolute atomic E-state index is 0.154. The van der Waals surface area contributed by atoms with Gasteiger partial charge in [-0.25, -0.2) is 4.98 Å². The van der Waals surface area contributed by atoms with E-state index in [0.29, 0.717) is 17.6 Å². The predicted molar refractivity (Wildman–Crippen MR) is 82.8 cm³/mol. The number of hydrogen-bond acceptors (Lipinski definition) is 6. The molecule has 3 heterocycles. The summed E-state index contributed by atoms with van der Waals surface area (Å²) >= 11 is 1.44. The zero-order valence-corrected chi connectivity index (χ0v) is 12.3. The molecule has 0 saturated carbocycles. The predicted octanol–water partition coefficient (Wildman–Crippen LogP) is 2.66. The van der Waals surface area contributed by atoms with Crippen molar-refractivity contribution in [2.24, 2.45) is 5.73 Å². The summed E-state index contributed by atoms with van der Waals surface area (Å²) in [5.41, 5.74) is 9.15. The number of nitro groups is 1. The summed E-state index contributed by atoms with van der Waals surface area (Å²) in [6.45, 7) is 0. The Bertz CT molecular complexity index is 702. The highest BCUT2D eigenvalue weighted by Crippen LogP contribution is 2.45. The van der Waals surface area contributed by atoms with Gasteiger partial charge in [-0.1, -0.05) is 0 Å². The van der Waals surface area contributed by atoms with Crippen molar-refractivity contribution < 1.29 is 4.92 Å². The zero-order chi connectivity index (χ0) is 14.6. The molecule has 110 valence electrons. The van der Waals surface area contributed by atoms with E-state index < -0.39 is 0 Å². The highest BCUT2D eigenvalue weighted by molar-refractivity contribution is 7.16. The Kier molecular flexibility index (Phi) is 2.87. The minimum atomic E-state index is -0.286. The fourth-order valence-corrected chi connectivity index (χ4v) is 4.59. The molecule has 1 aromatic carbocycles. The Morgan fingerprint density at radius 2 is 2.05 bits per heavy atom. The number of hydrogen-bond donors (Lipinski definition) is 1. The standard InChI is InChI=1S/C14H16N4O2S/c15-8-5-9-1-2-10(6-8)17(9)11-3-4-12-13(16-7-21-12)14(11)18(19)20/h3-4,7-10H,1-2,5-6,15H2. The van der Waals surface area contributed by atoms with Crippen LogP contribution in [0.4, 0.5) is 11.4 Å². The number of aromatic nitrogens is 1. The van der Waals surface area contributed by atoms with E-state index in [2.05, 4.69) is 9.88 Å². The van der Waals surface area contributed by atoms with Gasteiger partial charge in [-0.3, -0.25) is 10.1 Å². The number of nitrogens with two attached hydrogens (primary N) is 1. The van der Waals surface area contributed by atoms with Crippen LogP contribution in [0.1, 0.15) is 25.7 Å². The van der Waals surface area contributed by atoms with Crippen LogP contribution in [0.5, 0.6) is 0 Å². The van der Waals surface area contributed by atoms with E-state index in [1.165, 1.54) is 11.3 Å². The first-order valence-corrected chi connectivity index (χ1v) is 8.07. The van der Waals surface area contributed by atoms with Crippen molar-refractivity contribution in [2.45, 2.75) is 43.8 Å². The molecule has 0 spiro atoms. The second-order valence-electron chi connectivity index (χ2n) is 5.91. The molecular formula is C14H16N4O2S. The first-order chi connectivity index (χ1) is 10.1. The van der Waals surface area contributed by atoms with Crippen LogP contribution in [0, 0.1) is 10.1 Å². The molecule has 0 aliphatic carbocycles. The molecule has 2 bridgehead atoms. The first-order valence-electron chi connectivity index (χ1n) is 7.19. The highest BCUT2D eigenvalue weighted by atomic mass is 32.1. The van der Waals surface area contributed by atoms with Gasteiger partial charge in [0.2, 0.25) is 0 Å². The summed E-state index contributed by atoms with van der Waals surface area (Å²) in [5.74, 6) is 0. The van der Waals surface area contributed by atoms with Crippen LogP contribution in [-0.2, 0) is 0 Å². The van der Waals surface area contributed by atoms with Crippen LogP contribution in [0.25, 0.3) is 10.2 Å². The molecule has 0 amide bonds. The summed E-state index contributed by atoms with van der Waals surface area (Å²) in [4.78, 5) is 17.7. The third-order valence-corrected chi connectivity index (χ3v) is 5.48. The van der Waals surface area contributed by atoms with Crippen molar-refractivity contribution in [3.8, 4) is 0 Å². The molecule has 2 N–H and O–H groups in total. The van der Waals surface area contributed by atoms with Gasteiger partial charge in [0.1, 0.15) is 5.69 Å². The van der Waals surface area contributed by atoms with Gasteiger partial charge in [-0.15, -0.1) is 11.3 Å². The summed E-state index contributed by atoms with van der Waals surface area (Å²) in [7, 11) is 0. The summed E-state index contributed by atoms with van der Waals surface area (Å²) in [5, 5.41) is 11.6. The third-order valence-electron chi connectivity index (χ3n) is 4.68. The average molecular weight is 304 g/mol. The number of fused-ring (bicyclic) bond motifs is 3. The topological polar surface area (TPSA) is 85.3 Å². The van der Waals surface area contributed by atoms with Crippen LogP contribution in [0.15, 0.2) is 17.6 Å². The number of thiazole rings is 1. The molecule has 2 aliphatic rings. The Balaban J connectivity index is 1.87. The third kappa shape index (κ3) is 1.91. The summed E-state index contributed by atoms with van der Waals surface area (Å²) in [6, 6.07) is 4.72. The number of nitrogens with zero attached hydrogens (tertiary/aromatic N) is 3. The van der Waals surface area contributed by atoms with Gasteiger partial charge in [-0.2, -0.15) is 0 Å². The number of nitro benzene ring substituents is 1. The molecule has 2 unspecified atom stereocenters. The van der Waals surface area contributed by atoms with Crippen LogP contribution < -0.4 is 10.6 Å². The second kappa shape index (κ2) is 4.64. The maximum atomic E-state index is 11.6. The van der Waals surface area contributed by atoms with Gasteiger partial charge in [0.25, 0.3) is 0 Å². The van der Waals surface area contributed by atoms with Crippen molar-refractivity contribution in [1.29, 1.82) is 0 Å². The number of benzene rings is 1. The van der Waals surface area contributed by atoms with Gasteiger partial charge < -0.3 is 10.6 Å². The molecule has 2 fully saturated rings. The Morgan fingerprint density at radius 3 is 2.71 bits per heavy atom. The maximum absolute atomic E-state index is 11.6. The van der Waals surface area contributed by atoms with Gasteiger partial charge in [0.05, 0.1) is 15.1 Å². The minimum Gasteiger partial charge on any atom is -0.360 e. The fourth-order valence-electron chi connectivity index (χ4n) is 3.91. The average Bonchev–Trinajstić information content (AvgIpc) is 3.00. The fraction of sp³-hybridized carbons (Fsp3) is 0.500. The summed E-state index contributed by atoms with van der Waals surface area (Å²) in [6.07, 6.45) is 3.99. The largest absolute Gasteiger partial charge is 0.360 e. The molecule has 2 atom stereocenters. The molecule has 0 radical (unpaired) electrons. The van der Waals surface area contributed by atoms with E-state index in [0.717, 1.165) is 36.1 Å². The smallest absolute Gasteiger partial charge is 0.319 e. The van der Waals surface area contributed by atoms with Crippen molar-refractivity contribution in [3.05, 3.63) is 27.8 Å². The van der Waals surface area contributed by atoms with Gasteiger partial charge in [-0.05, 0) is 37.8 Å². The highest BCUT2D eigenvalue weighted by Gasteiger charge is 2.42. The van der Waals surface area contributed by atoms with Gasteiger partial charge >= 0.3 is 5.69 Å². The number of rotatable bonds is 2. The number of anilines is 1. The molecule has 21 heavy (non-hydrogen) atoms. The molecule has 7 heteroatoms. The Hall–Kier alpha value is -1.73. The molecule has 2 saturated heterocycles. The molecule has 4 rings (SSSR count). The first kappa shape index (κ1) is 13.0. The second-order valence-corrected chi connectivity index (χ2v) is 6.80. The van der Waals surface area contributed by atoms with Crippen LogP contribution in [0.3, 0.4) is 0 Å². The lowest BCUT2D eigenvalue weighted by Crippen LogP contribution is -2.47. The monoisotopic (exact) mass is 304 g/mol. The van der Waals surface area contributed by atoms with E-state index in [1.807, 2.05) is 12.1 Å². The molecule has 2 aliphatic heterocycles. The van der Waals surface area contributed by atoms with Crippen LogP contribution in [0.2, 0.25) is 0 Å². The van der Waals surface area contributed by atoms with Crippen LogP contribution >= 0.6 is 11.3 Å².